The molecule has 2 aromatic rings. The molecule has 3 heterocycles. The maximum Gasteiger partial charge on any atom is 0.254 e. The summed E-state index contributed by atoms with van der Waals surface area (Å²) in [7, 11) is 0. The highest BCUT2D eigenvalue weighted by Crippen LogP contribution is 2.23. The molecule has 1 fully saturated rings. The van der Waals surface area contributed by atoms with Crippen molar-refractivity contribution in [3.8, 4) is 0 Å². The van der Waals surface area contributed by atoms with Crippen molar-refractivity contribution < 1.29 is 13.9 Å². The lowest BCUT2D eigenvalue weighted by Crippen LogP contribution is -2.36. The monoisotopic (exact) mass is 424 g/mol. The number of nitrogens with zero attached hydrogens (tertiary/aromatic N) is 3. The highest BCUT2D eigenvalue weighted by Gasteiger charge is 2.23. The minimum Gasteiger partial charge on any atom is -0.377 e. The van der Waals surface area contributed by atoms with Crippen LogP contribution >= 0.6 is 0 Å². The van der Waals surface area contributed by atoms with Crippen LogP contribution in [0.1, 0.15) is 40.9 Å². The van der Waals surface area contributed by atoms with Gasteiger partial charge >= 0.3 is 0 Å². The van der Waals surface area contributed by atoms with Crippen LogP contribution in [0.15, 0.2) is 48.4 Å². The summed E-state index contributed by atoms with van der Waals surface area (Å²) in [6.45, 7) is 4.80. The molecule has 1 amide bonds. The third-order valence-electron chi connectivity index (χ3n) is 6.04. The lowest BCUT2D eigenvalue weighted by Gasteiger charge is -2.33. The maximum absolute atomic E-state index is 13.8. The van der Waals surface area contributed by atoms with E-state index in [4.69, 9.17) is 4.74 Å². The van der Waals surface area contributed by atoms with Gasteiger partial charge in [-0.3, -0.25) is 9.69 Å². The van der Waals surface area contributed by atoms with Gasteiger partial charge in [0.25, 0.3) is 5.91 Å². The molecule has 1 aromatic heterocycles. The number of piperidine rings is 1. The van der Waals surface area contributed by atoms with E-state index in [1.807, 2.05) is 0 Å². The first-order chi connectivity index (χ1) is 15.2. The Bertz CT molecular complexity index is 925. The first-order valence-corrected chi connectivity index (χ1v) is 11.0. The molecule has 0 aliphatic carbocycles. The molecule has 31 heavy (non-hydrogen) atoms. The number of carbonyl (C=O) groups is 1. The van der Waals surface area contributed by atoms with Gasteiger partial charge in [0, 0.05) is 24.8 Å². The minimum atomic E-state index is -0.324. The molecule has 0 bridgehead atoms. The van der Waals surface area contributed by atoms with E-state index in [1.165, 1.54) is 18.0 Å². The molecule has 2 aliphatic rings. The smallest absolute Gasteiger partial charge is 0.254 e. The van der Waals surface area contributed by atoms with Crippen LogP contribution in [0.25, 0.3) is 0 Å². The van der Waals surface area contributed by atoms with Crippen molar-refractivity contribution >= 4 is 5.91 Å². The molecule has 4 rings (SSSR count). The molecule has 1 saturated heterocycles. The Balaban J connectivity index is 1.31. The number of rotatable bonds is 7. The summed E-state index contributed by atoms with van der Waals surface area (Å²) >= 11 is 0. The highest BCUT2D eigenvalue weighted by atomic mass is 19.1. The zero-order chi connectivity index (χ0) is 21.5. The average molecular weight is 425 g/mol. The predicted octanol–water partition coefficient (Wildman–Crippen LogP) is 3.15. The van der Waals surface area contributed by atoms with Crippen LogP contribution in [0.5, 0.6) is 0 Å². The fourth-order valence-corrected chi connectivity index (χ4v) is 4.25. The number of nitrogens with one attached hydrogen (secondary N) is 1. The molecule has 0 saturated carbocycles. The molecular formula is C24H29FN4O2. The lowest BCUT2D eigenvalue weighted by molar-refractivity contribution is 0.0948. The second-order valence-corrected chi connectivity index (χ2v) is 8.28. The molecule has 2 aliphatic heterocycles. The number of hydrogen-bond acceptors (Lipinski definition) is 5. The Morgan fingerprint density at radius 3 is 2.87 bits per heavy atom. The summed E-state index contributed by atoms with van der Waals surface area (Å²) in [5.74, 6) is -0.101. The van der Waals surface area contributed by atoms with Crippen LogP contribution in [0.2, 0.25) is 0 Å². The van der Waals surface area contributed by atoms with Gasteiger partial charge in [0.1, 0.15) is 12.1 Å². The van der Waals surface area contributed by atoms with Crippen molar-refractivity contribution in [2.45, 2.75) is 32.2 Å². The van der Waals surface area contributed by atoms with Gasteiger partial charge < -0.3 is 10.1 Å². The van der Waals surface area contributed by atoms with Gasteiger partial charge in [-0.05, 0) is 56.3 Å². The molecule has 6 nitrogen and oxygen atoms in total. The molecule has 7 heteroatoms. The topological polar surface area (TPSA) is 67.4 Å². The fourth-order valence-electron chi connectivity index (χ4n) is 4.25. The van der Waals surface area contributed by atoms with Gasteiger partial charge in [-0.25, -0.2) is 14.4 Å². The fraction of sp³-hybridized carbons (Fsp3) is 0.458. The highest BCUT2D eigenvalue weighted by molar-refractivity contribution is 5.94. The zero-order valence-electron chi connectivity index (χ0n) is 17.7. The number of aromatic nitrogens is 2. The van der Waals surface area contributed by atoms with Crippen molar-refractivity contribution in [1.82, 2.24) is 20.2 Å². The number of benzene rings is 1. The van der Waals surface area contributed by atoms with Crippen LogP contribution < -0.4 is 5.32 Å². The predicted molar refractivity (Wildman–Crippen MR) is 116 cm³/mol. The summed E-state index contributed by atoms with van der Waals surface area (Å²) in [6, 6.07) is 6.45. The van der Waals surface area contributed by atoms with Crippen molar-refractivity contribution in [2.24, 2.45) is 5.92 Å². The number of amides is 1. The first-order valence-electron chi connectivity index (χ1n) is 11.0. The Morgan fingerprint density at radius 1 is 1.26 bits per heavy atom. The molecule has 0 unspecified atom stereocenters. The minimum absolute atomic E-state index is 0.137. The van der Waals surface area contributed by atoms with Gasteiger partial charge in [-0.15, -0.1) is 0 Å². The van der Waals surface area contributed by atoms with Crippen molar-refractivity contribution in [1.29, 1.82) is 0 Å². The van der Waals surface area contributed by atoms with E-state index in [9.17, 15) is 9.18 Å². The molecule has 1 aromatic carbocycles. The molecule has 0 atom stereocenters. The van der Waals surface area contributed by atoms with Crippen LogP contribution in [-0.4, -0.2) is 53.6 Å². The largest absolute Gasteiger partial charge is 0.377 e. The second kappa shape index (κ2) is 10.6. The van der Waals surface area contributed by atoms with Gasteiger partial charge in [0.05, 0.1) is 24.5 Å². The third kappa shape index (κ3) is 5.95. The molecule has 164 valence electrons. The summed E-state index contributed by atoms with van der Waals surface area (Å²) in [6.07, 6.45) is 9.29. The third-order valence-corrected chi connectivity index (χ3v) is 6.04. The number of carbonyl (C=O) groups excluding carboxylic acids is 1. The van der Waals surface area contributed by atoms with E-state index < -0.39 is 0 Å². The normalized spacial score (nSPS) is 17.9. The summed E-state index contributed by atoms with van der Waals surface area (Å²) in [4.78, 5) is 23.6. The Hall–Kier alpha value is -2.64. The van der Waals surface area contributed by atoms with E-state index in [0.29, 0.717) is 17.0 Å². The van der Waals surface area contributed by atoms with E-state index in [1.54, 1.807) is 24.4 Å². The van der Waals surface area contributed by atoms with Crippen LogP contribution in [-0.2, 0) is 17.7 Å². The van der Waals surface area contributed by atoms with Crippen LogP contribution in [0.4, 0.5) is 4.39 Å². The molecule has 0 radical (unpaired) electrons. The molecule has 0 spiro atoms. The van der Waals surface area contributed by atoms with Crippen molar-refractivity contribution in [3.05, 3.63) is 71.1 Å². The Kier molecular flexibility index (Phi) is 7.38. The Labute approximate surface area is 182 Å². The van der Waals surface area contributed by atoms with E-state index in [2.05, 4.69) is 26.3 Å². The van der Waals surface area contributed by atoms with Crippen molar-refractivity contribution in [2.75, 3.05) is 32.8 Å². The standard InChI is InChI=1S/C24H29FN4O2/c25-22-6-2-1-5-20(22)13-27-24(30)21-14-26-17-28-23(21)12-18-7-9-29(10-8-18)15-19-4-3-11-31-16-19/h1-2,4-6,14,17-18H,3,7-13,15-16H2,(H,27,30). The molecule has 1 N–H and O–H groups in total. The van der Waals surface area contributed by atoms with E-state index in [-0.39, 0.29) is 18.3 Å². The van der Waals surface area contributed by atoms with Gasteiger partial charge in [0.15, 0.2) is 0 Å². The maximum atomic E-state index is 13.8. The summed E-state index contributed by atoms with van der Waals surface area (Å²) < 4.78 is 19.4. The first kappa shape index (κ1) is 21.6. The zero-order valence-corrected chi connectivity index (χ0v) is 17.7. The van der Waals surface area contributed by atoms with Gasteiger partial charge in [-0.2, -0.15) is 0 Å². The SMILES string of the molecule is O=C(NCc1ccccc1F)c1cncnc1CC1CCN(CC2=CCCOC2)CC1. The van der Waals surface area contributed by atoms with E-state index in [0.717, 1.165) is 64.2 Å². The lowest BCUT2D eigenvalue weighted by atomic mass is 9.90. The number of likely N-dealkylation sites (tertiary alicyclic amines) is 1. The number of ether oxygens (including phenoxy) is 1. The van der Waals surface area contributed by atoms with Crippen molar-refractivity contribution in [3.63, 3.8) is 0 Å². The van der Waals surface area contributed by atoms with Crippen LogP contribution in [0, 0.1) is 11.7 Å². The van der Waals surface area contributed by atoms with Gasteiger partial charge in [-0.1, -0.05) is 24.3 Å². The van der Waals surface area contributed by atoms with E-state index >= 15 is 0 Å². The summed E-state index contributed by atoms with van der Waals surface area (Å²) in [5, 5.41) is 2.80. The Morgan fingerprint density at radius 2 is 2.10 bits per heavy atom. The average Bonchev–Trinajstić information content (AvgIpc) is 2.81. The van der Waals surface area contributed by atoms with Crippen LogP contribution in [0.3, 0.4) is 0 Å². The molecular weight excluding hydrogens is 395 g/mol. The quantitative estimate of drug-likeness (QED) is 0.692. The second-order valence-electron chi connectivity index (χ2n) is 8.28. The summed E-state index contributed by atoms with van der Waals surface area (Å²) in [5.41, 5.74) is 3.09. The van der Waals surface area contributed by atoms with Gasteiger partial charge in [0.2, 0.25) is 0 Å². The number of hydrogen-bond donors (Lipinski definition) is 1. The number of halogens is 1.